The van der Waals surface area contributed by atoms with Gasteiger partial charge in [0.2, 0.25) is 0 Å². The quantitative estimate of drug-likeness (QED) is 0.660. The van der Waals surface area contributed by atoms with Crippen LogP contribution >= 0.6 is 0 Å². The Morgan fingerprint density at radius 2 is 1.70 bits per heavy atom. The Morgan fingerprint density at radius 1 is 1.05 bits per heavy atom. The Balaban J connectivity index is 2.37. The molecule has 20 heavy (non-hydrogen) atoms. The minimum Gasteiger partial charge on any atom is -0.384 e. The van der Waals surface area contributed by atoms with Gasteiger partial charge in [-0.15, -0.1) is 0 Å². The van der Waals surface area contributed by atoms with E-state index in [-0.39, 0.29) is 5.84 Å². The van der Waals surface area contributed by atoms with Gasteiger partial charge in [-0.3, -0.25) is 5.41 Å². The fourth-order valence-electron chi connectivity index (χ4n) is 2.51. The molecule has 0 heterocycles. The highest BCUT2D eigenvalue weighted by Gasteiger charge is 2.13. The fourth-order valence-corrected chi connectivity index (χ4v) is 2.51. The van der Waals surface area contributed by atoms with Crippen molar-refractivity contribution in [1.29, 1.82) is 5.41 Å². The minimum absolute atomic E-state index is 0.111. The summed E-state index contributed by atoms with van der Waals surface area (Å²) < 4.78 is 0. The molecule has 0 spiro atoms. The number of amidine groups is 1. The molecule has 2 aromatic carbocycles. The summed E-state index contributed by atoms with van der Waals surface area (Å²) in [5.41, 5.74) is 11.2. The number of hydrogen-bond donors (Lipinski definition) is 2. The number of nitrogens with one attached hydrogen (secondary N) is 1. The Hall–Kier alpha value is -2.29. The maximum absolute atomic E-state index is 7.74. The zero-order chi connectivity index (χ0) is 14.7. The lowest BCUT2D eigenvalue weighted by Gasteiger charge is -2.25. The Labute approximate surface area is 120 Å². The summed E-state index contributed by atoms with van der Waals surface area (Å²) in [6.45, 7) is 4.97. The van der Waals surface area contributed by atoms with Crippen molar-refractivity contribution in [1.82, 2.24) is 0 Å². The van der Waals surface area contributed by atoms with Crippen molar-refractivity contribution in [2.24, 2.45) is 5.73 Å². The van der Waals surface area contributed by atoms with E-state index in [0.717, 1.165) is 23.4 Å². The first-order valence-corrected chi connectivity index (χ1v) is 6.70. The van der Waals surface area contributed by atoms with E-state index < -0.39 is 0 Å². The van der Waals surface area contributed by atoms with Gasteiger partial charge in [0, 0.05) is 19.2 Å². The van der Waals surface area contributed by atoms with Crippen LogP contribution in [0.5, 0.6) is 0 Å². The monoisotopic (exact) mass is 267 g/mol. The van der Waals surface area contributed by atoms with Gasteiger partial charge in [-0.05, 0) is 36.6 Å². The van der Waals surface area contributed by atoms with Crippen molar-refractivity contribution >= 4 is 11.5 Å². The number of nitrogens with zero attached hydrogens (tertiary/aromatic N) is 1. The van der Waals surface area contributed by atoms with Crippen LogP contribution in [0.1, 0.15) is 22.3 Å². The standard InChI is InChI=1S/C17H21N3/c1-12-7-4-5-9-14(12)11-20(3)16-13(2)8-6-10-15(16)17(18)19/h4-10H,11H2,1-3H3,(H3,18,19). The molecule has 104 valence electrons. The van der Waals surface area contributed by atoms with E-state index in [0.29, 0.717) is 0 Å². The summed E-state index contributed by atoms with van der Waals surface area (Å²) >= 11 is 0. The summed E-state index contributed by atoms with van der Waals surface area (Å²) in [5.74, 6) is 0.111. The molecule has 0 bridgehead atoms. The minimum atomic E-state index is 0.111. The molecule has 2 rings (SSSR count). The van der Waals surface area contributed by atoms with E-state index in [1.807, 2.05) is 25.2 Å². The molecular formula is C17H21N3. The zero-order valence-electron chi connectivity index (χ0n) is 12.3. The van der Waals surface area contributed by atoms with Crippen LogP contribution in [0.4, 0.5) is 5.69 Å². The topological polar surface area (TPSA) is 53.1 Å². The van der Waals surface area contributed by atoms with Gasteiger partial charge in [-0.25, -0.2) is 0 Å². The first-order chi connectivity index (χ1) is 9.50. The van der Waals surface area contributed by atoms with Gasteiger partial charge in [0.1, 0.15) is 5.84 Å². The number of rotatable bonds is 4. The predicted octanol–water partition coefficient (Wildman–Crippen LogP) is 3.22. The van der Waals surface area contributed by atoms with Crippen LogP contribution in [0, 0.1) is 19.3 Å². The van der Waals surface area contributed by atoms with E-state index in [4.69, 9.17) is 11.1 Å². The number of aryl methyl sites for hydroxylation is 2. The van der Waals surface area contributed by atoms with Gasteiger partial charge >= 0.3 is 0 Å². The lowest BCUT2D eigenvalue weighted by atomic mass is 10.0. The Bertz CT molecular complexity index is 632. The normalized spacial score (nSPS) is 10.3. The SMILES string of the molecule is Cc1ccccc1CN(C)c1c(C)cccc1C(=N)N. The van der Waals surface area contributed by atoms with E-state index in [1.54, 1.807) is 0 Å². The summed E-state index contributed by atoms with van der Waals surface area (Å²) in [4.78, 5) is 2.16. The van der Waals surface area contributed by atoms with Gasteiger partial charge < -0.3 is 10.6 Å². The Morgan fingerprint density at radius 3 is 2.35 bits per heavy atom. The molecule has 0 saturated heterocycles. The molecule has 0 aliphatic heterocycles. The molecule has 0 amide bonds. The van der Waals surface area contributed by atoms with Crippen LogP contribution in [0.3, 0.4) is 0 Å². The molecule has 0 saturated carbocycles. The van der Waals surface area contributed by atoms with Crippen molar-refractivity contribution in [3.8, 4) is 0 Å². The van der Waals surface area contributed by atoms with Gasteiger partial charge in [0.05, 0.1) is 5.69 Å². The number of para-hydroxylation sites is 1. The number of anilines is 1. The Kier molecular flexibility index (Phi) is 4.08. The third-order valence-electron chi connectivity index (χ3n) is 3.58. The van der Waals surface area contributed by atoms with Gasteiger partial charge in [0.15, 0.2) is 0 Å². The third-order valence-corrected chi connectivity index (χ3v) is 3.58. The second kappa shape index (κ2) is 5.78. The smallest absolute Gasteiger partial charge is 0.124 e. The van der Waals surface area contributed by atoms with Gasteiger partial charge in [-0.1, -0.05) is 36.4 Å². The summed E-state index contributed by atoms with van der Waals surface area (Å²) in [6.07, 6.45) is 0. The lowest BCUT2D eigenvalue weighted by molar-refractivity contribution is 0.907. The maximum atomic E-state index is 7.74. The molecule has 2 aromatic rings. The average Bonchev–Trinajstić information content (AvgIpc) is 2.40. The number of benzene rings is 2. The molecule has 0 fully saturated rings. The fraction of sp³-hybridized carbons (Fsp3) is 0.235. The van der Waals surface area contributed by atoms with Crippen molar-refractivity contribution in [3.63, 3.8) is 0 Å². The van der Waals surface area contributed by atoms with Crippen molar-refractivity contribution in [2.75, 3.05) is 11.9 Å². The second-order valence-electron chi connectivity index (χ2n) is 5.17. The number of hydrogen-bond acceptors (Lipinski definition) is 2. The molecule has 0 aliphatic carbocycles. The molecule has 0 unspecified atom stereocenters. The summed E-state index contributed by atoms with van der Waals surface area (Å²) in [5, 5.41) is 7.74. The van der Waals surface area contributed by atoms with Crippen LogP contribution < -0.4 is 10.6 Å². The summed E-state index contributed by atoms with van der Waals surface area (Å²) in [7, 11) is 2.04. The molecule has 0 aliphatic rings. The highest BCUT2D eigenvalue weighted by molar-refractivity contribution is 6.01. The highest BCUT2D eigenvalue weighted by atomic mass is 15.1. The molecular weight excluding hydrogens is 246 g/mol. The van der Waals surface area contributed by atoms with E-state index in [1.165, 1.54) is 11.1 Å². The van der Waals surface area contributed by atoms with Crippen LogP contribution in [-0.2, 0) is 6.54 Å². The van der Waals surface area contributed by atoms with Crippen LogP contribution in [0.25, 0.3) is 0 Å². The lowest BCUT2D eigenvalue weighted by Crippen LogP contribution is -2.23. The van der Waals surface area contributed by atoms with Gasteiger partial charge in [-0.2, -0.15) is 0 Å². The van der Waals surface area contributed by atoms with Crippen LogP contribution in [0.2, 0.25) is 0 Å². The van der Waals surface area contributed by atoms with E-state index in [9.17, 15) is 0 Å². The number of nitrogen functional groups attached to an aromatic ring is 1. The molecule has 3 nitrogen and oxygen atoms in total. The third kappa shape index (κ3) is 2.82. The predicted molar refractivity (Wildman–Crippen MR) is 85.5 cm³/mol. The van der Waals surface area contributed by atoms with Crippen molar-refractivity contribution in [3.05, 3.63) is 64.7 Å². The average molecular weight is 267 g/mol. The molecule has 0 atom stereocenters. The van der Waals surface area contributed by atoms with Crippen LogP contribution in [0.15, 0.2) is 42.5 Å². The maximum Gasteiger partial charge on any atom is 0.124 e. The van der Waals surface area contributed by atoms with Gasteiger partial charge in [0.25, 0.3) is 0 Å². The zero-order valence-corrected chi connectivity index (χ0v) is 12.3. The first kappa shape index (κ1) is 14.1. The molecule has 0 aromatic heterocycles. The van der Waals surface area contributed by atoms with Crippen molar-refractivity contribution < 1.29 is 0 Å². The first-order valence-electron chi connectivity index (χ1n) is 6.70. The van der Waals surface area contributed by atoms with E-state index in [2.05, 4.69) is 43.0 Å². The summed E-state index contributed by atoms with van der Waals surface area (Å²) in [6, 6.07) is 14.3. The molecule has 3 N–H and O–H groups in total. The largest absolute Gasteiger partial charge is 0.384 e. The highest BCUT2D eigenvalue weighted by Crippen LogP contribution is 2.25. The van der Waals surface area contributed by atoms with Crippen LogP contribution in [-0.4, -0.2) is 12.9 Å². The second-order valence-corrected chi connectivity index (χ2v) is 5.17. The molecule has 3 heteroatoms. The molecule has 0 radical (unpaired) electrons. The van der Waals surface area contributed by atoms with Crippen molar-refractivity contribution in [2.45, 2.75) is 20.4 Å². The van der Waals surface area contributed by atoms with E-state index >= 15 is 0 Å². The number of nitrogens with two attached hydrogens (primary N) is 1.